The molecular formula is C12H25N5O2. The summed E-state index contributed by atoms with van der Waals surface area (Å²) < 4.78 is 12.0. The lowest BCUT2D eigenvalue weighted by atomic mass is 9.90. The van der Waals surface area contributed by atoms with Gasteiger partial charge in [0.1, 0.15) is 0 Å². The molecule has 0 bridgehead atoms. The zero-order valence-corrected chi connectivity index (χ0v) is 12.3. The molecule has 0 aliphatic carbocycles. The molecular weight excluding hydrogens is 246 g/mol. The zero-order chi connectivity index (χ0) is 14.1. The number of hydrogen-bond donors (Lipinski definition) is 1. The van der Waals surface area contributed by atoms with Crippen molar-refractivity contribution in [1.29, 1.82) is 0 Å². The van der Waals surface area contributed by atoms with Crippen molar-refractivity contribution in [2.45, 2.75) is 33.4 Å². The van der Waals surface area contributed by atoms with Gasteiger partial charge in [-0.15, -0.1) is 5.10 Å². The average molecular weight is 271 g/mol. The molecule has 0 spiro atoms. The molecule has 0 amide bonds. The van der Waals surface area contributed by atoms with Crippen molar-refractivity contribution in [3.63, 3.8) is 0 Å². The van der Waals surface area contributed by atoms with Crippen molar-refractivity contribution in [3.05, 3.63) is 5.82 Å². The normalized spacial score (nSPS) is 12.0. The molecule has 0 aromatic carbocycles. The van der Waals surface area contributed by atoms with E-state index in [9.17, 15) is 0 Å². The van der Waals surface area contributed by atoms with Gasteiger partial charge in [0, 0.05) is 27.4 Å². The summed E-state index contributed by atoms with van der Waals surface area (Å²) in [5.74, 6) is 0.849. The molecule has 0 atom stereocenters. The molecule has 19 heavy (non-hydrogen) atoms. The van der Waals surface area contributed by atoms with E-state index in [2.05, 4.69) is 34.7 Å². The second-order valence-electron chi connectivity index (χ2n) is 5.33. The monoisotopic (exact) mass is 271 g/mol. The van der Waals surface area contributed by atoms with Crippen LogP contribution in [0.15, 0.2) is 0 Å². The third-order valence-electron chi connectivity index (χ3n) is 2.93. The van der Waals surface area contributed by atoms with E-state index in [1.54, 1.807) is 14.2 Å². The van der Waals surface area contributed by atoms with Crippen LogP contribution in [0.1, 0.15) is 26.1 Å². The predicted octanol–water partition coefficient (Wildman–Crippen LogP) is 0.472. The number of methoxy groups -OCH3 is 2. The van der Waals surface area contributed by atoms with E-state index in [-0.39, 0.29) is 5.41 Å². The van der Waals surface area contributed by atoms with E-state index >= 15 is 0 Å². The summed E-state index contributed by atoms with van der Waals surface area (Å²) in [5.41, 5.74) is 0.104. The van der Waals surface area contributed by atoms with E-state index in [0.717, 1.165) is 31.9 Å². The van der Waals surface area contributed by atoms with Gasteiger partial charge in [-0.3, -0.25) is 0 Å². The molecule has 1 N–H and O–H groups in total. The van der Waals surface area contributed by atoms with Gasteiger partial charge in [-0.1, -0.05) is 13.8 Å². The molecule has 0 radical (unpaired) electrons. The van der Waals surface area contributed by atoms with E-state index < -0.39 is 0 Å². The summed E-state index contributed by atoms with van der Waals surface area (Å²) in [6, 6.07) is 0. The van der Waals surface area contributed by atoms with Gasteiger partial charge < -0.3 is 14.8 Å². The highest BCUT2D eigenvalue weighted by molar-refractivity contribution is 4.82. The van der Waals surface area contributed by atoms with Crippen LogP contribution in [0.2, 0.25) is 0 Å². The van der Waals surface area contributed by atoms with Crippen LogP contribution in [-0.2, 0) is 22.6 Å². The van der Waals surface area contributed by atoms with E-state index in [4.69, 9.17) is 9.47 Å². The number of nitrogens with zero attached hydrogens (tertiary/aromatic N) is 4. The summed E-state index contributed by atoms with van der Waals surface area (Å²) in [6.07, 6.45) is 0.972. The van der Waals surface area contributed by atoms with Crippen LogP contribution < -0.4 is 5.32 Å². The third-order valence-corrected chi connectivity index (χ3v) is 2.93. The molecule has 1 aromatic rings. The fourth-order valence-electron chi connectivity index (χ4n) is 1.71. The minimum absolute atomic E-state index is 0.104. The van der Waals surface area contributed by atoms with Gasteiger partial charge in [-0.2, -0.15) is 0 Å². The topological polar surface area (TPSA) is 74.1 Å². The van der Waals surface area contributed by atoms with Crippen molar-refractivity contribution in [2.24, 2.45) is 5.41 Å². The Morgan fingerprint density at radius 1 is 1.21 bits per heavy atom. The second-order valence-corrected chi connectivity index (χ2v) is 5.33. The summed E-state index contributed by atoms with van der Waals surface area (Å²) in [5, 5.41) is 15.1. The molecule has 7 heteroatoms. The van der Waals surface area contributed by atoms with Gasteiger partial charge >= 0.3 is 0 Å². The van der Waals surface area contributed by atoms with Crippen LogP contribution in [0.3, 0.4) is 0 Å². The highest BCUT2D eigenvalue weighted by Gasteiger charge is 2.20. The number of rotatable bonds is 10. The lowest BCUT2D eigenvalue weighted by molar-refractivity contribution is 0.138. The smallest absolute Gasteiger partial charge is 0.165 e. The second kappa shape index (κ2) is 8.19. The first-order valence-corrected chi connectivity index (χ1v) is 6.53. The van der Waals surface area contributed by atoms with Gasteiger partial charge in [-0.25, -0.2) is 4.68 Å². The fourth-order valence-corrected chi connectivity index (χ4v) is 1.71. The van der Waals surface area contributed by atoms with E-state index in [1.807, 2.05) is 4.68 Å². The molecule has 0 fully saturated rings. The summed E-state index contributed by atoms with van der Waals surface area (Å²) in [4.78, 5) is 0. The summed E-state index contributed by atoms with van der Waals surface area (Å²) in [7, 11) is 3.41. The first kappa shape index (κ1) is 16.0. The van der Waals surface area contributed by atoms with Crippen LogP contribution in [0.25, 0.3) is 0 Å². The Morgan fingerprint density at radius 2 is 1.95 bits per heavy atom. The molecule has 110 valence electrons. The maximum atomic E-state index is 5.13. The molecule has 0 saturated carbocycles. The third kappa shape index (κ3) is 6.09. The standard InChI is InChI=1S/C12H25N5O2/c1-12(2,5-7-18-3)10-17-11(14-15-16-17)9-13-6-8-19-4/h13H,5-10H2,1-4H3. The zero-order valence-electron chi connectivity index (χ0n) is 12.3. The molecule has 1 rings (SSSR count). The predicted molar refractivity (Wildman–Crippen MR) is 71.7 cm³/mol. The lowest BCUT2D eigenvalue weighted by Crippen LogP contribution is -2.26. The Kier molecular flexibility index (Phi) is 6.90. The fraction of sp³-hybridized carbons (Fsp3) is 0.917. The Labute approximate surface area is 114 Å². The summed E-state index contributed by atoms with van der Waals surface area (Å²) in [6.45, 7) is 8.03. The molecule has 7 nitrogen and oxygen atoms in total. The van der Waals surface area contributed by atoms with E-state index in [1.165, 1.54) is 0 Å². The van der Waals surface area contributed by atoms with Crippen LogP contribution in [0, 0.1) is 5.41 Å². The van der Waals surface area contributed by atoms with Crippen molar-refractivity contribution in [3.8, 4) is 0 Å². The van der Waals surface area contributed by atoms with Crippen LogP contribution >= 0.6 is 0 Å². The van der Waals surface area contributed by atoms with Gasteiger partial charge in [-0.05, 0) is 22.3 Å². The van der Waals surface area contributed by atoms with Crippen LogP contribution in [-0.4, -0.2) is 54.2 Å². The van der Waals surface area contributed by atoms with Gasteiger partial charge in [0.25, 0.3) is 0 Å². The SMILES string of the molecule is COCCNCc1nnnn1CC(C)(C)CCOC. The van der Waals surface area contributed by atoms with Gasteiger partial charge in [0.2, 0.25) is 0 Å². The lowest BCUT2D eigenvalue weighted by Gasteiger charge is -2.24. The number of tetrazole rings is 1. The first-order chi connectivity index (χ1) is 9.09. The quantitative estimate of drug-likeness (QED) is 0.624. The number of ether oxygens (including phenoxy) is 2. The molecule has 1 aromatic heterocycles. The molecule has 0 unspecified atom stereocenters. The van der Waals surface area contributed by atoms with Gasteiger partial charge in [0.15, 0.2) is 5.82 Å². The molecule has 0 aliphatic rings. The maximum Gasteiger partial charge on any atom is 0.165 e. The van der Waals surface area contributed by atoms with Gasteiger partial charge in [0.05, 0.1) is 19.7 Å². The van der Waals surface area contributed by atoms with Crippen molar-refractivity contribution in [1.82, 2.24) is 25.5 Å². The van der Waals surface area contributed by atoms with E-state index in [0.29, 0.717) is 13.2 Å². The minimum atomic E-state index is 0.104. The number of aromatic nitrogens is 4. The molecule has 0 aliphatic heterocycles. The number of nitrogens with one attached hydrogen (secondary N) is 1. The first-order valence-electron chi connectivity index (χ1n) is 6.53. The maximum absolute atomic E-state index is 5.13. The molecule has 1 heterocycles. The highest BCUT2D eigenvalue weighted by Crippen LogP contribution is 2.22. The van der Waals surface area contributed by atoms with Crippen molar-refractivity contribution < 1.29 is 9.47 Å². The average Bonchev–Trinajstić information content (AvgIpc) is 2.79. The van der Waals surface area contributed by atoms with Crippen LogP contribution in [0.5, 0.6) is 0 Å². The number of hydrogen-bond acceptors (Lipinski definition) is 6. The largest absolute Gasteiger partial charge is 0.385 e. The Bertz CT molecular complexity index is 354. The van der Waals surface area contributed by atoms with Crippen molar-refractivity contribution in [2.75, 3.05) is 34.0 Å². The van der Waals surface area contributed by atoms with Crippen molar-refractivity contribution >= 4 is 0 Å². The highest BCUT2D eigenvalue weighted by atomic mass is 16.5. The Hall–Kier alpha value is -1.05. The van der Waals surface area contributed by atoms with Crippen LogP contribution in [0.4, 0.5) is 0 Å². The summed E-state index contributed by atoms with van der Waals surface area (Å²) >= 11 is 0. The minimum Gasteiger partial charge on any atom is -0.385 e. The molecule has 0 saturated heterocycles. The Morgan fingerprint density at radius 3 is 2.63 bits per heavy atom. The Balaban J connectivity index is 2.47.